The molecule has 27 heavy (non-hydrogen) atoms. The average molecular weight is 377 g/mol. The molecule has 1 aliphatic heterocycles. The van der Waals surface area contributed by atoms with Crippen molar-refractivity contribution in [1.29, 1.82) is 0 Å². The third-order valence-electron chi connectivity index (χ3n) is 4.95. The van der Waals surface area contributed by atoms with E-state index in [9.17, 15) is 14.0 Å². The number of carbonyl (C=O) groups excluding carboxylic acids is 2. The zero-order chi connectivity index (χ0) is 19.8. The molecule has 0 bridgehead atoms. The molecule has 0 atom stereocenters. The van der Waals surface area contributed by atoms with Gasteiger partial charge in [0.15, 0.2) is 0 Å². The minimum absolute atomic E-state index is 0.0514. The van der Waals surface area contributed by atoms with E-state index < -0.39 is 11.7 Å². The van der Waals surface area contributed by atoms with E-state index in [1.54, 1.807) is 20.8 Å². The summed E-state index contributed by atoms with van der Waals surface area (Å²) in [5.41, 5.74) is 2.56. The van der Waals surface area contributed by atoms with Crippen LogP contribution in [0.5, 0.6) is 0 Å². The molecule has 0 saturated heterocycles. The van der Waals surface area contributed by atoms with Crippen molar-refractivity contribution in [2.45, 2.75) is 65.1 Å². The minimum atomic E-state index is -0.604. The van der Waals surface area contributed by atoms with E-state index in [1.165, 1.54) is 0 Å². The highest BCUT2D eigenvalue weighted by Gasteiger charge is 2.37. The second-order valence-electron chi connectivity index (χ2n) is 8.34. The van der Waals surface area contributed by atoms with E-state index in [0.29, 0.717) is 17.9 Å². The summed E-state index contributed by atoms with van der Waals surface area (Å²) in [4.78, 5) is 26.4. The summed E-state index contributed by atoms with van der Waals surface area (Å²) in [6.45, 7) is 8.36. The van der Waals surface area contributed by atoms with Gasteiger partial charge in [0.05, 0.1) is 11.9 Å². The lowest BCUT2D eigenvalue weighted by Gasteiger charge is -2.27. The molecule has 6 nitrogen and oxygen atoms in total. The molecule has 3 rings (SSSR count). The molecular formula is C20H28FN3O3. The Morgan fingerprint density at radius 2 is 2.11 bits per heavy atom. The first-order chi connectivity index (χ1) is 12.7. The predicted molar refractivity (Wildman–Crippen MR) is 100 cm³/mol. The summed E-state index contributed by atoms with van der Waals surface area (Å²) < 4.78 is 20.4. The number of nitrogens with one attached hydrogen (secondary N) is 1. The Kier molecular flexibility index (Phi) is 5.31. The summed E-state index contributed by atoms with van der Waals surface area (Å²) in [6, 6.07) is 0.397. The Morgan fingerprint density at radius 1 is 1.41 bits per heavy atom. The van der Waals surface area contributed by atoms with E-state index in [0.717, 1.165) is 42.6 Å². The van der Waals surface area contributed by atoms with E-state index in [-0.39, 0.29) is 19.0 Å². The third kappa shape index (κ3) is 4.51. The highest BCUT2D eigenvalue weighted by molar-refractivity contribution is 5.97. The first-order valence-electron chi connectivity index (χ1n) is 9.44. The molecule has 0 radical (unpaired) electrons. The number of carbonyl (C=O) groups is 2. The molecule has 2 aliphatic rings. The standard InChI is InChI=1S/C20H28FN3O3/c1-13-16-7-8-24(15-5-6-15)18(25)17(16)12-23(13)11-14(9-21)10-22-19(26)27-20(2,3)4/h9,12,15H,5-8,10-11H2,1-4H3,(H,22,26). The molecule has 1 N–H and O–H groups in total. The summed E-state index contributed by atoms with van der Waals surface area (Å²) in [7, 11) is 0. The molecule has 1 aromatic rings. The van der Waals surface area contributed by atoms with Crippen LogP contribution in [0, 0.1) is 6.92 Å². The first kappa shape index (κ1) is 19.5. The van der Waals surface area contributed by atoms with Gasteiger partial charge in [-0.15, -0.1) is 0 Å². The monoisotopic (exact) mass is 377 g/mol. The van der Waals surface area contributed by atoms with Crippen LogP contribution >= 0.6 is 0 Å². The number of hydrogen-bond acceptors (Lipinski definition) is 3. The molecular weight excluding hydrogens is 349 g/mol. The van der Waals surface area contributed by atoms with Gasteiger partial charge < -0.3 is 19.5 Å². The lowest BCUT2D eigenvalue weighted by atomic mass is 10.0. The number of aromatic nitrogens is 1. The molecule has 7 heteroatoms. The Hall–Kier alpha value is -2.31. The van der Waals surface area contributed by atoms with Crippen molar-refractivity contribution >= 4 is 12.0 Å². The Morgan fingerprint density at radius 3 is 2.70 bits per heavy atom. The van der Waals surface area contributed by atoms with Crippen molar-refractivity contribution in [1.82, 2.24) is 14.8 Å². The minimum Gasteiger partial charge on any atom is -0.444 e. The second-order valence-corrected chi connectivity index (χ2v) is 8.34. The Balaban J connectivity index is 1.65. The predicted octanol–water partition coefficient (Wildman–Crippen LogP) is 3.34. The Labute approximate surface area is 159 Å². The van der Waals surface area contributed by atoms with Gasteiger partial charge in [0.2, 0.25) is 0 Å². The number of nitrogens with zero attached hydrogens (tertiary/aromatic N) is 2. The van der Waals surface area contributed by atoms with Gasteiger partial charge in [-0.05, 0) is 58.1 Å². The van der Waals surface area contributed by atoms with Gasteiger partial charge in [-0.3, -0.25) is 4.79 Å². The van der Waals surface area contributed by atoms with E-state index in [4.69, 9.17) is 4.74 Å². The number of fused-ring (bicyclic) bond motifs is 1. The fraction of sp³-hybridized carbons (Fsp3) is 0.600. The maximum atomic E-state index is 13.4. The molecule has 2 heterocycles. The van der Waals surface area contributed by atoms with E-state index in [1.807, 2.05) is 22.6 Å². The maximum absolute atomic E-state index is 13.4. The summed E-state index contributed by atoms with van der Waals surface area (Å²) in [5, 5.41) is 2.57. The normalized spacial score (nSPS) is 17.7. The van der Waals surface area contributed by atoms with Crippen molar-refractivity contribution in [3.05, 3.63) is 34.9 Å². The van der Waals surface area contributed by atoms with E-state index >= 15 is 0 Å². The van der Waals surface area contributed by atoms with Gasteiger partial charge in [0, 0.05) is 37.6 Å². The number of ether oxygens (including phenoxy) is 1. The molecule has 1 fully saturated rings. The van der Waals surface area contributed by atoms with Crippen molar-refractivity contribution in [2.24, 2.45) is 0 Å². The van der Waals surface area contributed by atoms with Crippen molar-refractivity contribution in [3.8, 4) is 0 Å². The Bertz CT molecular complexity index is 772. The zero-order valence-corrected chi connectivity index (χ0v) is 16.5. The number of amides is 2. The van der Waals surface area contributed by atoms with Gasteiger partial charge in [0.25, 0.3) is 5.91 Å². The van der Waals surface area contributed by atoms with Crippen LogP contribution in [0.1, 0.15) is 55.2 Å². The SMILES string of the molecule is Cc1c2c(cn1CC(=CF)CNC(=O)OC(C)(C)C)C(=O)N(C1CC1)CC2. The van der Waals surface area contributed by atoms with Crippen LogP contribution in [-0.2, 0) is 17.7 Å². The fourth-order valence-electron chi connectivity index (χ4n) is 3.43. The topological polar surface area (TPSA) is 63.6 Å². The van der Waals surface area contributed by atoms with Gasteiger partial charge in [-0.25, -0.2) is 9.18 Å². The van der Waals surface area contributed by atoms with Crippen LogP contribution in [0.3, 0.4) is 0 Å². The quantitative estimate of drug-likeness (QED) is 0.856. The summed E-state index contributed by atoms with van der Waals surface area (Å²) >= 11 is 0. The summed E-state index contributed by atoms with van der Waals surface area (Å²) in [6.07, 6.45) is 4.76. The number of alkyl carbamates (subject to hydrolysis) is 1. The van der Waals surface area contributed by atoms with Gasteiger partial charge in [0.1, 0.15) is 5.60 Å². The van der Waals surface area contributed by atoms with Gasteiger partial charge in [-0.2, -0.15) is 0 Å². The second kappa shape index (κ2) is 7.37. The number of halogens is 1. The zero-order valence-electron chi connectivity index (χ0n) is 16.5. The van der Waals surface area contributed by atoms with Crippen molar-refractivity contribution < 1.29 is 18.7 Å². The van der Waals surface area contributed by atoms with Crippen LogP contribution < -0.4 is 5.32 Å². The van der Waals surface area contributed by atoms with Gasteiger partial charge in [-0.1, -0.05) is 0 Å². The number of hydrogen-bond donors (Lipinski definition) is 1. The molecule has 2 amide bonds. The first-order valence-corrected chi connectivity index (χ1v) is 9.44. The molecule has 0 unspecified atom stereocenters. The van der Waals surface area contributed by atoms with Crippen LogP contribution in [0.15, 0.2) is 18.1 Å². The average Bonchev–Trinajstić information content (AvgIpc) is 3.36. The third-order valence-corrected chi connectivity index (χ3v) is 4.95. The highest BCUT2D eigenvalue weighted by Crippen LogP contribution is 2.33. The van der Waals surface area contributed by atoms with E-state index in [2.05, 4.69) is 5.32 Å². The fourth-order valence-corrected chi connectivity index (χ4v) is 3.43. The maximum Gasteiger partial charge on any atom is 0.407 e. The molecule has 0 aromatic carbocycles. The molecule has 1 saturated carbocycles. The van der Waals surface area contributed by atoms with Crippen molar-refractivity contribution in [3.63, 3.8) is 0 Å². The van der Waals surface area contributed by atoms with Crippen LogP contribution in [-0.4, -0.2) is 46.2 Å². The molecule has 1 aromatic heterocycles. The molecule has 0 spiro atoms. The number of rotatable bonds is 5. The summed E-state index contributed by atoms with van der Waals surface area (Å²) in [5.74, 6) is 0.0817. The molecule has 1 aliphatic carbocycles. The van der Waals surface area contributed by atoms with Crippen LogP contribution in [0.4, 0.5) is 9.18 Å². The van der Waals surface area contributed by atoms with Gasteiger partial charge >= 0.3 is 6.09 Å². The largest absolute Gasteiger partial charge is 0.444 e. The lowest BCUT2D eigenvalue weighted by Crippen LogP contribution is -2.38. The smallest absolute Gasteiger partial charge is 0.407 e. The molecule has 148 valence electrons. The van der Waals surface area contributed by atoms with Crippen molar-refractivity contribution in [2.75, 3.05) is 13.1 Å². The lowest BCUT2D eigenvalue weighted by molar-refractivity contribution is 0.0531. The van der Waals surface area contributed by atoms with Crippen LogP contribution in [0.2, 0.25) is 0 Å². The van der Waals surface area contributed by atoms with Crippen LogP contribution in [0.25, 0.3) is 0 Å². The highest BCUT2D eigenvalue weighted by atomic mass is 19.1.